The zero-order valence-corrected chi connectivity index (χ0v) is 12.0. The van der Waals surface area contributed by atoms with Gasteiger partial charge in [0.25, 0.3) is 0 Å². The van der Waals surface area contributed by atoms with Gasteiger partial charge in [0.2, 0.25) is 0 Å². The van der Waals surface area contributed by atoms with E-state index in [1.165, 1.54) is 0 Å². The Morgan fingerprint density at radius 1 is 1.28 bits per heavy atom. The molecule has 1 saturated heterocycles. The molecule has 0 radical (unpaired) electrons. The van der Waals surface area contributed by atoms with Crippen LogP contribution in [0.2, 0.25) is 0 Å². The van der Waals surface area contributed by atoms with Gasteiger partial charge < -0.3 is 15.3 Å². The molecule has 4 nitrogen and oxygen atoms in total. The third-order valence-electron chi connectivity index (χ3n) is 4.57. The Balaban J connectivity index is 2.42. The molecule has 0 aliphatic carbocycles. The maximum Gasteiger partial charge on any atom is 0.310 e. The number of carboxylic acid groups (broad SMARTS) is 1. The largest absolute Gasteiger partial charge is 0.481 e. The van der Waals surface area contributed by atoms with Crippen molar-refractivity contribution < 1.29 is 9.90 Å². The van der Waals surface area contributed by atoms with Crippen LogP contribution < -0.4 is 5.32 Å². The summed E-state index contributed by atoms with van der Waals surface area (Å²) in [7, 11) is 0. The van der Waals surface area contributed by atoms with Crippen LogP contribution in [-0.2, 0) is 4.79 Å². The minimum absolute atomic E-state index is 0.490. The molecule has 106 valence electrons. The van der Waals surface area contributed by atoms with Crippen LogP contribution in [0.4, 0.5) is 0 Å². The van der Waals surface area contributed by atoms with Gasteiger partial charge in [-0.2, -0.15) is 0 Å². The lowest BCUT2D eigenvalue weighted by atomic mass is 9.82. The van der Waals surface area contributed by atoms with Gasteiger partial charge in [0.1, 0.15) is 0 Å². The van der Waals surface area contributed by atoms with Crippen molar-refractivity contribution in [2.45, 2.75) is 52.5 Å². The molecule has 0 saturated carbocycles. The van der Waals surface area contributed by atoms with Crippen molar-refractivity contribution in [2.75, 3.05) is 26.2 Å². The van der Waals surface area contributed by atoms with Crippen molar-refractivity contribution in [1.29, 1.82) is 0 Å². The number of piperidine rings is 1. The molecule has 1 aliphatic rings. The van der Waals surface area contributed by atoms with Crippen LogP contribution in [0.1, 0.15) is 46.5 Å². The van der Waals surface area contributed by atoms with E-state index in [9.17, 15) is 9.90 Å². The first-order valence-corrected chi connectivity index (χ1v) is 7.27. The van der Waals surface area contributed by atoms with Gasteiger partial charge in [-0.05, 0) is 45.3 Å². The molecular formula is C14H28N2O2. The van der Waals surface area contributed by atoms with Gasteiger partial charge in [0, 0.05) is 12.6 Å². The van der Waals surface area contributed by atoms with Crippen LogP contribution in [0.5, 0.6) is 0 Å². The van der Waals surface area contributed by atoms with Crippen LogP contribution in [0, 0.1) is 5.41 Å². The van der Waals surface area contributed by atoms with E-state index in [4.69, 9.17) is 0 Å². The Kier molecular flexibility index (Phi) is 6.09. The highest BCUT2D eigenvalue weighted by atomic mass is 16.4. The van der Waals surface area contributed by atoms with E-state index >= 15 is 0 Å². The second kappa shape index (κ2) is 7.10. The number of hydrogen-bond donors (Lipinski definition) is 2. The third-order valence-corrected chi connectivity index (χ3v) is 4.57. The first-order valence-electron chi connectivity index (χ1n) is 7.27. The van der Waals surface area contributed by atoms with Crippen LogP contribution in [-0.4, -0.2) is 48.2 Å². The van der Waals surface area contributed by atoms with E-state index in [-0.39, 0.29) is 0 Å². The third kappa shape index (κ3) is 3.69. The Morgan fingerprint density at radius 3 is 2.22 bits per heavy atom. The number of carbonyl (C=O) groups is 1. The van der Waals surface area contributed by atoms with Crippen molar-refractivity contribution >= 4 is 5.97 Å². The van der Waals surface area contributed by atoms with Gasteiger partial charge in [-0.3, -0.25) is 4.79 Å². The van der Waals surface area contributed by atoms with Crippen molar-refractivity contribution in [2.24, 2.45) is 5.41 Å². The fraction of sp³-hybridized carbons (Fsp3) is 0.929. The summed E-state index contributed by atoms with van der Waals surface area (Å²) in [4.78, 5) is 13.9. The Labute approximate surface area is 111 Å². The molecule has 0 aromatic rings. The predicted molar refractivity (Wildman–Crippen MR) is 73.8 cm³/mol. The van der Waals surface area contributed by atoms with E-state index in [0.717, 1.165) is 32.5 Å². The van der Waals surface area contributed by atoms with Crippen molar-refractivity contribution in [1.82, 2.24) is 10.2 Å². The van der Waals surface area contributed by atoms with Crippen LogP contribution in [0.25, 0.3) is 0 Å². The number of nitrogens with one attached hydrogen (secondary N) is 1. The molecule has 1 rings (SSSR count). The van der Waals surface area contributed by atoms with Crippen LogP contribution in [0.15, 0.2) is 0 Å². The summed E-state index contributed by atoms with van der Waals surface area (Å²) in [6.07, 6.45) is 3.66. The molecule has 0 unspecified atom stereocenters. The lowest BCUT2D eigenvalue weighted by Gasteiger charge is -2.34. The number of rotatable bonds is 7. The molecule has 2 N–H and O–H groups in total. The molecule has 0 bridgehead atoms. The van der Waals surface area contributed by atoms with Gasteiger partial charge in [-0.25, -0.2) is 0 Å². The number of nitrogens with zero attached hydrogens (tertiary/aromatic N) is 1. The first kappa shape index (κ1) is 15.4. The molecule has 1 heterocycles. The highest BCUT2D eigenvalue weighted by Crippen LogP contribution is 2.26. The minimum atomic E-state index is -0.661. The summed E-state index contributed by atoms with van der Waals surface area (Å²) in [6.45, 7) is 10.1. The summed E-state index contributed by atoms with van der Waals surface area (Å²) in [5.41, 5.74) is -0.581. The second-order valence-electron chi connectivity index (χ2n) is 5.38. The second-order valence-corrected chi connectivity index (χ2v) is 5.38. The molecule has 0 amide bonds. The lowest BCUT2D eigenvalue weighted by molar-refractivity contribution is -0.149. The van der Waals surface area contributed by atoms with Crippen molar-refractivity contribution in [3.05, 3.63) is 0 Å². The van der Waals surface area contributed by atoms with Crippen LogP contribution >= 0.6 is 0 Å². The van der Waals surface area contributed by atoms with E-state index in [1.807, 2.05) is 13.8 Å². The maximum absolute atomic E-state index is 11.4. The number of carboxylic acids is 1. The summed E-state index contributed by atoms with van der Waals surface area (Å²) in [5, 5.41) is 12.9. The molecular weight excluding hydrogens is 228 g/mol. The fourth-order valence-corrected chi connectivity index (χ4v) is 2.67. The lowest BCUT2D eigenvalue weighted by Crippen LogP contribution is -2.48. The topological polar surface area (TPSA) is 52.6 Å². The average molecular weight is 256 g/mol. The van der Waals surface area contributed by atoms with E-state index < -0.39 is 11.4 Å². The van der Waals surface area contributed by atoms with Gasteiger partial charge in [0.15, 0.2) is 0 Å². The molecule has 4 heteroatoms. The quantitative estimate of drug-likeness (QED) is 0.731. The molecule has 0 aromatic carbocycles. The van der Waals surface area contributed by atoms with Crippen molar-refractivity contribution in [3.63, 3.8) is 0 Å². The SMILES string of the molecule is CCN1CCC(NCC(CC)(CC)C(=O)O)CC1. The van der Waals surface area contributed by atoms with Gasteiger partial charge >= 0.3 is 5.97 Å². The average Bonchev–Trinajstić information content (AvgIpc) is 2.41. The highest BCUT2D eigenvalue weighted by molar-refractivity contribution is 5.74. The van der Waals surface area contributed by atoms with Gasteiger partial charge in [-0.1, -0.05) is 20.8 Å². The van der Waals surface area contributed by atoms with Crippen LogP contribution in [0.3, 0.4) is 0 Å². The summed E-state index contributed by atoms with van der Waals surface area (Å²) in [6, 6.07) is 0.490. The standard InChI is InChI=1S/C14H28N2O2/c1-4-14(5-2,13(17)18)11-15-12-7-9-16(6-3)10-8-12/h12,15H,4-11H2,1-3H3,(H,17,18). The smallest absolute Gasteiger partial charge is 0.310 e. The molecule has 1 fully saturated rings. The number of hydrogen-bond acceptors (Lipinski definition) is 3. The highest BCUT2D eigenvalue weighted by Gasteiger charge is 2.35. The number of likely N-dealkylation sites (tertiary alicyclic amines) is 1. The van der Waals surface area contributed by atoms with Crippen molar-refractivity contribution in [3.8, 4) is 0 Å². The molecule has 18 heavy (non-hydrogen) atoms. The fourth-order valence-electron chi connectivity index (χ4n) is 2.67. The zero-order valence-electron chi connectivity index (χ0n) is 12.0. The molecule has 0 atom stereocenters. The Hall–Kier alpha value is -0.610. The first-order chi connectivity index (χ1) is 8.57. The minimum Gasteiger partial charge on any atom is -0.481 e. The Morgan fingerprint density at radius 2 is 1.83 bits per heavy atom. The van der Waals surface area contributed by atoms with Gasteiger partial charge in [-0.15, -0.1) is 0 Å². The summed E-state index contributed by atoms with van der Waals surface area (Å²) < 4.78 is 0. The monoisotopic (exact) mass is 256 g/mol. The number of aliphatic carboxylic acids is 1. The van der Waals surface area contributed by atoms with Gasteiger partial charge in [0.05, 0.1) is 5.41 Å². The van der Waals surface area contributed by atoms with E-state index in [2.05, 4.69) is 17.1 Å². The maximum atomic E-state index is 11.4. The summed E-state index contributed by atoms with van der Waals surface area (Å²) in [5.74, 6) is -0.661. The molecule has 1 aliphatic heterocycles. The normalized spacial score (nSPS) is 19.1. The summed E-state index contributed by atoms with van der Waals surface area (Å²) >= 11 is 0. The molecule has 0 spiro atoms. The molecule has 0 aromatic heterocycles. The van der Waals surface area contributed by atoms with E-state index in [0.29, 0.717) is 25.4 Å². The Bertz CT molecular complexity index is 257. The predicted octanol–water partition coefficient (Wildman–Crippen LogP) is 1.95. The van der Waals surface area contributed by atoms with E-state index in [1.54, 1.807) is 0 Å². The zero-order chi connectivity index (χ0) is 13.6.